The molecule has 4 N–H and O–H groups in total. The van der Waals surface area contributed by atoms with Crippen LogP contribution in [0, 0.1) is 0 Å². The zero-order valence-corrected chi connectivity index (χ0v) is 13.2. The second kappa shape index (κ2) is 12.4. The van der Waals surface area contributed by atoms with Crippen LogP contribution in [-0.4, -0.2) is 40.9 Å². The summed E-state index contributed by atoms with van der Waals surface area (Å²) in [6.07, 6.45) is 8.34. The van der Waals surface area contributed by atoms with E-state index in [1.165, 1.54) is 45.4 Å². The average Bonchev–Trinajstić information content (AvgIpc) is 2.42. The maximum absolute atomic E-state index is 11.5. The molecule has 0 spiro atoms. The number of aliphatic carboxylic acids is 1. The summed E-state index contributed by atoms with van der Waals surface area (Å²) in [6, 6.07) is -1.82. The molecule has 0 aromatic carbocycles. The highest BCUT2D eigenvalue weighted by molar-refractivity contribution is 5.82. The molecule has 0 aromatic rings. The molecule has 0 aliphatic heterocycles. The molecule has 6 heteroatoms. The molecular formula is C15H30N2O4. The van der Waals surface area contributed by atoms with Gasteiger partial charge >= 0.3 is 12.0 Å². The maximum atomic E-state index is 11.5. The third-order valence-corrected chi connectivity index (χ3v) is 3.35. The average molecular weight is 302 g/mol. The van der Waals surface area contributed by atoms with Gasteiger partial charge in [0.1, 0.15) is 0 Å². The molecule has 0 saturated carbocycles. The number of nitrogens with one attached hydrogen (secondary N) is 2. The molecule has 2 amide bonds. The number of amides is 2. The van der Waals surface area contributed by atoms with Crippen molar-refractivity contribution in [3.05, 3.63) is 0 Å². The summed E-state index contributed by atoms with van der Waals surface area (Å²) in [5.41, 5.74) is 0. The van der Waals surface area contributed by atoms with Gasteiger partial charge in [-0.05, 0) is 13.3 Å². The van der Waals surface area contributed by atoms with Gasteiger partial charge in [0, 0.05) is 6.54 Å². The van der Waals surface area contributed by atoms with Crippen molar-refractivity contribution in [2.75, 3.05) is 6.54 Å². The molecule has 124 valence electrons. The van der Waals surface area contributed by atoms with Crippen molar-refractivity contribution >= 4 is 12.0 Å². The van der Waals surface area contributed by atoms with Crippen LogP contribution in [0.3, 0.4) is 0 Å². The summed E-state index contributed by atoms with van der Waals surface area (Å²) in [6.45, 7) is 4.05. The van der Waals surface area contributed by atoms with Gasteiger partial charge in [0.25, 0.3) is 0 Å². The topological polar surface area (TPSA) is 98.7 Å². The fourth-order valence-electron chi connectivity index (χ4n) is 2.04. The Kier molecular flexibility index (Phi) is 11.7. The second-order valence-corrected chi connectivity index (χ2v) is 5.43. The Labute approximate surface area is 127 Å². The molecule has 2 unspecified atom stereocenters. The lowest BCUT2D eigenvalue weighted by atomic mass is 10.1. The number of carbonyl (C=O) groups is 2. The number of aliphatic hydroxyl groups is 1. The maximum Gasteiger partial charge on any atom is 0.328 e. The summed E-state index contributed by atoms with van der Waals surface area (Å²) in [4.78, 5) is 22.3. The van der Waals surface area contributed by atoms with Gasteiger partial charge in [-0.1, -0.05) is 51.9 Å². The first kappa shape index (κ1) is 19.7. The number of urea groups is 1. The Bertz CT molecular complexity index is 295. The van der Waals surface area contributed by atoms with Crippen LogP contribution in [-0.2, 0) is 4.79 Å². The van der Waals surface area contributed by atoms with E-state index in [9.17, 15) is 14.7 Å². The highest BCUT2D eigenvalue weighted by Gasteiger charge is 2.24. The lowest BCUT2D eigenvalue weighted by Crippen LogP contribution is -2.51. The number of rotatable bonds is 12. The van der Waals surface area contributed by atoms with E-state index >= 15 is 0 Å². The minimum atomic E-state index is -1.27. The molecule has 0 radical (unpaired) electrons. The molecule has 0 saturated heterocycles. The predicted octanol–water partition coefficient (Wildman–Crippen LogP) is 2.26. The molecule has 0 fully saturated rings. The van der Waals surface area contributed by atoms with Crippen LogP contribution in [0.4, 0.5) is 4.79 Å². The van der Waals surface area contributed by atoms with Crippen molar-refractivity contribution in [3.8, 4) is 0 Å². The largest absolute Gasteiger partial charge is 0.480 e. The first-order chi connectivity index (χ1) is 9.99. The van der Waals surface area contributed by atoms with E-state index in [2.05, 4.69) is 17.6 Å². The Balaban J connectivity index is 3.55. The fraction of sp³-hybridized carbons (Fsp3) is 0.867. The van der Waals surface area contributed by atoms with Gasteiger partial charge in [0.05, 0.1) is 6.10 Å². The minimum absolute atomic E-state index is 0.521. The van der Waals surface area contributed by atoms with E-state index in [0.29, 0.717) is 6.54 Å². The van der Waals surface area contributed by atoms with Crippen molar-refractivity contribution in [1.29, 1.82) is 0 Å². The first-order valence-corrected chi connectivity index (χ1v) is 7.94. The van der Waals surface area contributed by atoms with E-state index in [1.807, 2.05) is 0 Å². The number of hydrogen-bond donors (Lipinski definition) is 4. The molecular weight excluding hydrogens is 272 g/mol. The zero-order valence-electron chi connectivity index (χ0n) is 13.2. The lowest BCUT2D eigenvalue weighted by Gasteiger charge is -2.17. The molecule has 0 aliphatic carbocycles. The highest BCUT2D eigenvalue weighted by Crippen LogP contribution is 2.07. The number of carboxylic acids is 1. The van der Waals surface area contributed by atoms with Gasteiger partial charge in [-0.15, -0.1) is 0 Å². The monoisotopic (exact) mass is 302 g/mol. The summed E-state index contributed by atoms with van der Waals surface area (Å²) >= 11 is 0. The van der Waals surface area contributed by atoms with Crippen molar-refractivity contribution < 1.29 is 19.8 Å². The van der Waals surface area contributed by atoms with Crippen molar-refractivity contribution in [2.24, 2.45) is 0 Å². The quantitative estimate of drug-likeness (QED) is 0.416. The highest BCUT2D eigenvalue weighted by atomic mass is 16.4. The molecule has 0 aliphatic rings. The van der Waals surface area contributed by atoms with Gasteiger partial charge in [0.15, 0.2) is 6.04 Å². The number of carboxylic acid groups (broad SMARTS) is 1. The third-order valence-electron chi connectivity index (χ3n) is 3.35. The van der Waals surface area contributed by atoms with Gasteiger partial charge < -0.3 is 20.8 Å². The van der Waals surface area contributed by atoms with Gasteiger partial charge in [-0.2, -0.15) is 0 Å². The van der Waals surface area contributed by atoms with Gasteiger partial charge in [-0.3, -0.25) is 0 Å². The van der Waals surface area contributed by atoms with Crippen LogP contribution >= 0.6 is 0 Å². The SMILES string of the molecule is CCCCCCCCCCNC(=O)NC(C(=O)O)C(C)O. The van der Waals surface area contributed by atoms with Crippen LogP contribution < -0.4 is 10.6 Å². The summed E-state index contributed by atoms with van der Waals surface area (Å²) in [7, 11) is 0. The molecule has 6 nitrogen and oxygen atoms in total. The number of carbonyl (C=O) groups excluding carboxylic acids is 1. The third kappa shape index (κ3) is 11.1. The van der Waals surface area contributed by atoms with Gasteiger partial charge in [-0.25, -0.2) is 9.59 Å². The zero-order chi connectivity index (χ0) is 16.1. The van der Waals surface area contributed by atoms with Crippen molar-refractivity contribution in [3.63, 3.8) is 0 Å². The molecule has 2 atom stereocenters. The summed E-state index contributed by atoms with van der Waals surface area (Å²) in [5.74, 6) is -1.24. The summed E-state index contributed by atoms with van der Waals surface area (Å²) < 4.78 is 0. The van der Waals surface area contributed by atoms with Crippen LogP contribution in [0.25, 0.3) is 0 Å². The number of hydrogen-bond acceptors (Lipinski definition) is 3. The molecule has 21 heavy (non-hydrogen) atoms. The fourth-order valence-corrected chi connectivity index (χ4v) is 2.04. The van der Waals surface area contributed by atoms with E-state index in [1.54, 1.807) is 0 Å². The smallest absolute Gasteiger partial charge is 0.328 e. The van der Waals surface area contributed by atoms with Crippen molar-refractivity contribution in [2.45, 2.75) is 77.4 Å². The molecule has 0 bridgehead atoms. The first-order valence-electron chi connectivity index (χ1n) is 7.94. The summed E-state index contributed by atoms with van der Waals surface area (Å²) in [5, 5.41) is 22.9. The Morgan fingerprint density at radius 3 is 2.00 bits per heavy atom. The lowest BCUT2D eigenvalue weighted by molar-refractivity contribution is -0.141. The van der Waals surface area contributed by atoms with E-state index in [-0.39, 0.29) is 0 Å². The Morgan fingerprint density at radius 2 is 1.52 bits per heavy atom. The van der Waals surface area contributed by atoms with Crippen LogP contribution in [0.1, 0.15) is 65.2 Å². The van der Waals surface area contributed by atoms with Crippen LogP contribution in [0.2, 0.25) is 0 Å². The van der Waals surface area contributed by atoms with E-state index in [0.717, 1.165) is 12.8 Å². The van der Waals surface area contributed by atoms with E-state index < -0.39 is 24.1 Å². The van der Waals surface area contributed by atoms with Crippen LogP contribution in [0.15, 0.2) is 0 Å². The Morgan fingerprint density at radius 1 is 1.00 bits per heavy atom. The van der Waals surface area contributed by atoms with Crippen LogP contribution in [0.5, 0.6) is 0 Å². The minimum Gasteiger partial charge on any atom is -0.480 e. The normalized spacial score (nSPS) is 13.5. The number of unbranched alkanes of at least 4 members (excludes halogenated alkanes) is 7. The molecule has 0 rings (SSSR count). The second-order valence-electron chi connectivity index (χ2n) is 5.43. The van der Waals surface area contributed by atoms with E-state index in [4.69, 9.17) is 5.11 Å². The number of aliphatic hydroxyl groups excluding tert-OH is 1. The standard InChI is InChI=1S/C15H30N2O4/c1-3-4-5-6-7-8-9-10-11-16-15(21)17-13(12(2)18)14(19)20/h12-13,18H,3-11H2,1-2H3,(H,19,20)(H2,16,17,21). The predicted molar refractivity (Wildman–Crippen MR) is 82.2 cm³/mol. The molecule has 0 aromatic heterocycles. The van der Waals surface area contributed by atoms with Crippen molar-refractivity contribution in [1.82, 2.24) is 10.6 Å². The molecule has 0 heterocycles. The Hall–Kier alpha value is -1.30. The van der Waals surface area contributed by atoms with Gasteiger partial charge in [0.2, 0.25) is 0 Å².